The molecule has 39 heavy (non-hydrogen) atoms. The van der Waals surface area contributed by atoms with Gasteiger partial charge in [-0.2, -0.15) is 0 Å². The summed E-state index contributed by atoms with van der Waals surface area (Å²) in [5.41, 5.74) is 0.395. The number of nitrogens with one attached hydrogen (secondary N) is 1. The molecule has 1 aromatic carbocycles. The number of methoxy groups -OCH3 is 1. The number of aromatic nitrogens is 1. The molecule has 1 heterocycles. The molecule has 0 unspecified atom stereocenters. The van der Waals surface area contributed by atoms with Crippen LogP contribution in [-0.4, -0.2) is 61.1 Å². The molecule has 2 aromatic rings. The highest BCUT2D eigenvalue weighted by molar-refractivity contribution is 5.98. The molecule has 10 nitrogen and oxygen atoms in total. The lowest BCUT2D eigenvalue weighted by molar-refractivity contribution is -0.161. The number of pyridine rings is 1. The minimum atomic E-state index is -0.994. The van der Waals surface area contributed by atoms with E-state index in [1.165, 1.54) is 33.2 Å². The van der Waals surface area contributed by atoms with Crippen LogP contribution < -0.4 is 14.8 Å². The molecule has 0 saturated carbocycles. The van der Waals surface area contributed by atoms with Gasteiger partial charge in [-0.25, -0.2) is 9.78 Å². The van der Waals surface area contributed by atoms with E-state index in [4.69, 9.17) is 23.7 Å². The summed E-state index contributed by atoms with van der Waals surface area (Å²) >= 11 is 0. The maximum atomic E-state index is 13.1. The first-order valence-corrected chi connectivity index (χ1v) is 13.0. The molecular formula is C29H40N2O8. The van der Waals surface area contributed by atoms with Gasteiger partial charge in [0.25, 0.3) is 5.91 Å². The van der Waals surface area contributed by atoms with Crippen LogP contribution >= 0.6 is 0 Å². The lowest BCUT2D eigenvalue weighted by Crippen LogP contribution is -2.47. The molecular weight excluding hydrogens is 504 g/mol. The number of amides is 1. The monoisotopic (exact) mass is 544 g/mol. The van der Waals surface area contributed by atoms with Gasteiger partial charge in [0.15, 0.2) is 17.2 Å². The summed E-state index contributed by atoms with van der Waals surface area (Å²) in [6.45, 7) is 10.8. The predicted octanol–water partition coefficient (Wildman–Crippen LogP) is 4.10. The van der Waals surface area contributed by atoms with E-state index in [2.05, 4.69) is 10.3 Å². The second-order valence-electron chi connectivity index (χ2n) is 9.67. The summed E-state index contributed by atoms with van der Waals surface area (Å²) in [6, 6.07) is 10.5. The lowest BCUT2D eigenvalue weighted by atomic mass is 9.81. The van der Waals surface area contributed by atoms with Crippen LogP contribution in [0, 0.1) is 5.92 Å². The van der Waals surface area contributed by atoms with Crippen molar-refractivity contribution in [1.29, 1.82) is 0 Å². The third-order valence-corrected chi connectivity index (χ3v) is 6.21. The zero-order valence-electron chi connectivity index (χ0n) is 23.8. The van der Waals surface area contributed by atoms with Crippen LogP contribution in [0.15, 0.2) is 42.6 Å². The van der Waals surface area contributed by atoms with Crippen molar-refractivity contribution in [3.63, 3.8) is 0 Å². The number of hydrogen-bond donors (Lipinski definition) is 1. The second-order valence-corrected chi connectivity index (χ2v) is 9.67. The van der Waals surface area contributed by atoms with Gasteiger partial charge in [0.2, 0.25) is 6.79 Å². The Morgan fingerprint density at radius 2 is 1.77 bits per heavy atom. The van der Waals surface area contributed by atoms with Gasteiger partial charge in [-0.3, -0.25) is 9.59 Å². The van der Waals surface area contributed by atoms with Crippen molar-refractivity contribution in [2.45, 2.75) is 72.1 Å². The molecule has 214 valence electrons. The normalized spacial score (nSPS) is 13.5. The van der Waals surface area contributed by atoms with Gasteiger partial charge in [0, 0.05) is 31.7 Å². The number of nitrogens with zero attached hydrogens (tertiary/aromatic N) is 1. The van der Waals surface area contributed by atoms with Gasteiger partial charge in [-0.05, 0) is 46.1 Å². The molecule has 2 rings (SSSR count). The van der Waals surface area contributed by atoms with E-state index >= 15 is 0 Å². The minimum Gasteiger partial charge on any atom is -0.493 e. The molecule has 0 aliphatic heterocycles. The molecule has 0 bridgehead atoms. The van der Waals surface area contributed by atoms with E-state index in [-0.39, 0.29) is 23.1 Å². The highest BCUT2D eigenvalue weighted by atomic mass is 16.7. The van der Waals surface area contributed by atoms with E-state index in [1.54, 1.807) is 0 Å². The number of carbonyl (C=O) groups is 3. The summed E-state index contributed by atoms with van der Waals surface area (Å²) in [5.74, 6) is -1.81. The third-order valence-electron chi connectivity index (χ3n) is 6.21. The summed E-state index contributed by atoms with van der Waals surface area (Å²) in [4.78, 5) is 41.3. The molecule has 0 aliphatic rings. The van der Waals surface area contributed by atoms with Crippen molar-refractivity contribution in [2.24, 2.45) is 5.92 Å². The third kappa shape index (κ3) is 9.55. The average molecular weight is 545 g/mol. The summed E-state index contributed by atoms with van der Waals surface area (Å²) in [7, 11) is 1.40. The quantitative estimate of drug-likeness (QED) is 0.261. The number of hydrogen-bond acceptors (Lipinski definition) is 9. The molecule has 0 fully saturated rings. The van der Waals surface area contributed by atoms with E-state index in [9.17, 15) is 14.4 Å². The van der Waals surface area contributed by atoms with Crippen molar-refractivity contribution in [3.05, 3.63) is 53.9 Å². The van der Waals surface area contributed by atoms with Crippen LogP contribution in [0.5, 0.6) is 11.5 Å². The van der Waals surface area contributed by atoms with Crippen molar-refractivity contribution >= 4 is 17.8 Å². The summed E-state index contributed by atoms with van der Waals surface area (Å²) in [6.07, 6.45) is 2.36. The average Bonchev–Trinajstić information content (AvgIpc) is 2.90. The van der Waals surface area contributed by atoms with Crippen LogP contribution in [0.25, 0.3) is 0 Å². The Labute approximate surface area is 230 Å². The summed E-state index contributed by atoms with van der Waals surface area (Å²) < 4.78 is 27.5. The second kappa shape index (κ2) is 15.1. The molecule has 1 amide bonds. The van der Waals surface area contributed by atoms with Gasteiger partial charge in [-0.15, -0.1) is 0 Å². The molecule has 0 spiro atoms. The van der Waals surface area contributed by atoms with E-state index in [0.29, 0.717) is 13.0 Å². The highest BCUT2D eigenvalue weighted by Crippen LogP contribution is 2.31. The largest absolute Gasteiger partial charge is 0.493 e. The van der Waals surface area contributed by atoms with Crippen molar-refractivity contribution in [2.75, 3.05) is 20.5 Å². The lowest BCUT2D eigenvalue weighted by Gasteiger charge is -2.38. The van der Waals surface area contributed by atoms with Gasteiger partial charge in [-0.1, -0.05) is 37.3 Å². The highest BCUT2D eigenvalue weighted by Gasteiger charge is 2.37. The van der Waals surface area contributed by atoms with Crippen LogP contribution in [0.3, 0.4) is 0 Å². The first-order chi connectivity index (χ1) is 18.5. The summed E-state index contributed by atoms with van der Waals surface area (Å²) in [5, 5.41) is 2.60. The Balaban J connectivity index is 2.15. The standard InChI is InChI=1S/C29H40N2O8/c1-8-16-38-29(5,6)23(17-22-12-10-9-11-13-22)20(3)39-28(34)19(2)31-27(33)25-26(37-18-36-21(4)32)24(35-7)14-15-30-25/h9-15,19-20,23H,8,16-18H2,1-7H3,(H,31,33)/t19-,20-,23-/m0/s1. The Bertz CT molecular complexity index is 1090. The molecule has 3 atom stereocenters. The fourth-order valence-corrected chi connectivity index (χ4v) is 4.07. The molecule has 1 aromatic heterocycles. The Morgan fingerprint density at radius 1 is 1.08 bits per heavy atom. The van der Waals surface area contributed by atoms with Gasteiger partial charge in [0.05, 0.1) is 12.7 Å². The smallest absolute Gasteiger partial charge is 0.328 e. The van der Waals surface area contributed by atoms with Gasteiger partial charge in [0.1, 0.15) is 12.1 Å². The first-order valence-electron chi connectivity index (χ1n) is 13.0. The topological polar surface area (TPSA) is 122 Å². The van der Waals surface area contributed by atoms with Crippen LogP contribution in [0.1, 0.15) is 64.0 Å². The van der Waals surface area contributed by atoms with Gasteiger partial charge < -0.3 is 29.0 Å². The Kier molecular flexibility index (Phi) is 12.2. The van der Waals surface area contributed by atoms with Crippen LogP contribution in [0.4, 0.5) is 0 Å². The number of carbonyl (C=O) groups excluding carboxylic acids is 3. The van der Waals surface area contributed by atoms with Gasteiger partial charge >= 0.3 is 11.9 Å². The maximum absolute atomic E-state index is 13.1. The van der Waals surface area contributed by atoms with E-state index in [0.717, 1.165) is 12.0 Å². The van der Waals surface area contributed by atoms with E-state index < -0.39 is 42.4 Å². The van der Waals surface area contributed by atoms with Crippen molar-refractivity contribution in [3.8, 4) is 11.5 Å². The predicted molar refractivity (Wildman–Crippen MR) is 144 cm³/mol. The minimum absolute atomic E-state index is 0.0227. The maximum Gasteiger partial charge on any atom is 0.328 e. The first kappa shape index (κ1) is 31.6. The Morgan fingerprint density at radius 3 is 2.38 bits per heavy atom. The zero-order chi connectivity index (χ0) is 29.0. The molecule has 0 saturated heterocycles. The molecule has 10 heteroatoms. The number of esters is 2. The fourth-order valence-electron chi connectivity index (χ4n) is 4.07. The van der Waals surface area contributed by atoms with Crippen molar-refractivity contribution in [1.82, 2.24) is 10.3 Å². The van der Waals surface area contributed by atoms with Crippen LogP contribution in [0.2, 0.25) is 0 Å². The Hall–Kier alpha value is -3.66. The van der Waals surface area contributed by atoms with Crippen LogP contribution in [-0.2, 0) is 30.2 Å². The number of benzene rings is 1. The molecule has 0 radical (unpaired) electrons. The van der Waals surface area contributed by atoms with E-state index in [1.807, 2.05) is 58.0 Å². The number of ether oxygens (including phenoxy) is 5. The number of rotatable bonds is 15. The van der Waals surface area contributed by atoms with Crippen molar-refractivity contribution < 1.29 is 38.1 Å². The molecule has 0 aliphatic carbocycles. The fraction of sp³-hybridized carbons (Fsp3) is 0.517. The SMILES string of the molecule is CCCOC(C)(C)[C@@H](Cc1ccccc1)[C@H](C)OC(=O)[C@H](C)NC(=O)c1nccc(OC)c1OCOC(C)=O. The molecule has 1 N–H and O–H groups in total. The zero-order valence-corrected chi connectivity index (χ0v) is 23.8.